The summed E-state index contributed by atoms with van der Waals surface area (Å²) in [6, 6.07) is 3.18. The monoisotopic (exact) mass is 436 g/mol. The Morgan fingerprint density at radius 1 is 1.27 bits per heavy atom. The van der Waals surface area contributed by atoms with Crippen LogP contribution in [-0.2, 0) is 11.2 Å². The van der Waals surface area contributed by atoms with Gasteiger partial charge < -0.3 is 9.64 Å². The molecule has 0 unspecified atom stereocenters. The summed E-state index contributed by atoms with van der Waals surface area (Å²) in [6.45, 7) is 6.03. The van der Waals surface area contributed by atoms with Crippen LogP contribution in [0.25, 0.3) is 10.6 Å². The molecule has 7 nitrogen and oxygen atoms in total. The van der Waals surface area contributed by atoms with Crippen molar-refractivity contribution >= 4 is 29.2 Å². The summed E-state index contributed by atoms with van der Waals surface area (Å²) in [5, 5.41) is 0.320. The van der Waals surface area contributed by atoms with Crippen LogP contribution in [0.5, 0.6) is 0 Å². The van der Waals surface area contributed by atoms with Crippen LogP contribution >= 0.6 is 11.3 Å². The summed E-state index contributed by atoms with van der Waals surface area (Å²) in [7, 11) is 0. The van der Waals surface area contributed by atoms with E-state index in [0.717, 1.165) is 16.2 Å². The van der Waals surface area contributed by atoms with E-state index in [0.29, 0.717) is 40.8 Å². The number of fused-ring (bicyclic) bond motifs is 1. The molecule has 160 valence electrons. The standard InChI is InChI=1S/C20H22F2N4O3S/c1-20(2,3)29-19(28)26-9-7-13-15(18(26)27)30-17(23-13)12-4-5-14(24-16(12)22)25-8-6-11(21)10-25/h4-5,11H,6-10H2,1-3H3/t11-/m0/s1. The highest BCUT2D eigenvalue weighted by atomic mass is 32.1. The van der Waals surface area contributed by atoms with Crippen LogP contribution in [-0.4, -0.2) is 58.3 Å². The fraction of sp³-hybridized carbons (Fsp3) is 0.500. The number of nitrogens with zero attached hydrogens (tertiary/aromatic N) is 4. The lowest BCUT2D eigenvalue weighted by atomic mass is 10.1. The van der Waals surface area contributed by atoms with Crippen molar-refractivity contribution in [1.82, 2.24) is 14.9 Å². The zero-order valence-corrected chi connectivity index (χ0v) is 17.8. The van der Waals surface area contributed by atoms with Gasteiger partial charge in [-0.25, -0.2) is 24.1 Å². The molecule has 0 aliphatic carbocycles. The molecule has 2 aromatic heterocycles. The number of alkyl halides is 1. The number of halogens is 2. The van der Waals surface area contributed by atoms with Crippen molar-refractivity contribution in [2.75, 3.05) is 24.5 Å². The lowest BCUT2D eigenvalue weighted by Crippen LogP contribution is -2.44. The predicted octanol–water partition coefficient (Wildman–Crippen LogP) is 3.83. The van der Waals surface area contributed by atoms with E-state index in [9.17, 15) is 18.4 Å². The van der Waals surface area contributed by atoms with Gasteiger partial charge in [-0.1, -0.05) is 0 Å². The van der Waals surface area contributed by atoms with Gasteiger partial charge in [0.15, 0.2) is 0 Å². The second kappa shape index (κ2) is 7.57. The van der Waals surface area contributed by atoms with Gasteiger partial charge in [0.05, 0.1) is 17.8 Å². The molecule has 1 saturated heterocycles. The van der Waals surface area contributed by atoms with Gasteiger partial charge >= 0.3 is 6.09 Å². The first kappa shape index (κ1) is 20.6. The van der Waals surface area contributed by atoms with Gasteiger partial charge in [-0.3, -0.25) is 4.79 Å². The molecule has 0 saturated carbocycles. The molecular weight excluding hydrogens is 414 g/mol. The van der Waals surface area contributed by atoms with E-state index in [1.54, 1.807) is 37.8 Å². The largest absolute Gasteiger partial charge is 0.443 e. The maximum absolute atomic E-state index is 14.7. The van der Waals surface area contributed by atoms with Crippen LogP contribution in [0.2, 0.25) is 0 Å². The topological polar surface area (TPSA) is 75.6 Å². The van der Waals surface area contributed by atoms with E-state index in [4.69, 9.17) is 4.74 Å². The number of carbonyl (C=O) groups excluding carboxylic acids is 2. The molecule has 30 heavy (non-hydrogen) atoms. The maximum atomic E-state index is 14.7. The second-order valence-electron chi connectivity index (χ2n) is 8.32. The minimum atomic E-state index is -0.931. The summed E-state index contributed by atoms with van der Waals surface area (Å²) in [6.07, 6.45) is -0.864. The molecule has 2 aliphatic heterocycles. The number of rotatable bonds is 2. The Morgan fingerprint density at radius 3 is 2.67 bits per heavy atom. The lowest BCUT2D eigenvalue weighted by molar-refractivity contribution is 0.0235. The SMILES string of the molecule is CC(C)(C)OC(=O)N1CCc2nc(-c3ccc(N4CC[C@H](F)C4)nc3F)sc2C1=O. The highest BCUT2D eigenvalue weighted by molar-refractivity contribution is 7.17. The van der Waals surface area contributed by atoms with Crippen LogP contribution in [0, 0.1) is 5.95 Å². The Hall–Kier alpha value is -2.62. The molecule has 2 aromatic rings. The predicted molar refractivity (Wildman–Crippen MR) is 108 cm³/mol. The number of amides is 2. The molecule has 1 fully saturated rings. The van der Waals surface area contributed by atoms with Gasteiger partial charge in [-0.05, 0) is 39.3 Å². The van der Waals surface area contributed by atoms with E-state index in [1.165, 1.54) is 0 Å². The minimum absolute atomic E-state index is 0.156. The first-order valence-corrected chi connectivity index (χ1v) is 10.5. The van der Waals surface area contributed by atoms with Crippen LogP contribution in [0.4, 0.5) is 19.4 Å². The number of thiazole rings is 1. The van der Waals surface area contributed by atoms with Gasteiger partial charge in [0, 0.05) is 19.5 Å². The molecule has 0 bridgehead atoms. The van der Waals surface area contributed by atoms with Crippen molar-refractivity contribution in [2.45, 2.75) is 45.4 Å². The zero-order valence-electron chi connectivity index (χ0n) is 16.9. The minimum Gasteiger partial charge on any atom is -0.443 e. The Morgan fingerprint density at radius 2 is 2.03 bits per heavy atom. The quantitative estimate of drug-likeness (QED) is 0.666. The molecular formula is C20H22F2N4O3S. The van der Waals surface area contributed by atoms with Gasteiger partial charge in [0.1, 0.15) is 27.5 Å². The van der Waals surface area contributed by atoms with Crippen molar-refractivity contribution in [3.8, 4) is 10.6 Å². The maximum Gasteiger partial charge on any atom is 0.417 e. The van der Waals surface area contributed by atoms with Crippen molar-refractivity contribution in [3.63, 3.8) is 0 Å². The number of imide groups is 1. The first-order valence-electron chi connectivity index (χ1n) is 9.73. The van der Waals surface area contributed by atoms with Crippen molar-refractivity contribution in [3.05, 3.63) is 28.7 Å². The highest BCUT2D eigenvalue weighted by Crippen LogP contribution is 2.34. The third-order valence-corrected chi connectivity index (χ3v) is 5.96. The fourth-order valence-corrected chi connectivity index (χ4v) is 4.50. The van der Waals surface area contributed by atoms with Gasteiger partial charge in [0.2, 0.25) is 5.95 Å². The number of hydrogen-bond donors (Lipinski definition) is 0. The molecule has 0 N–H and O–H groups in total. The summed E-state index contributed by atoms with van der Waals surface area (Å²) in [5.41, 5.74) is -0.0151. The van der Waals surface area contributed by atoms with Crippen molar-refractivity contribution in [1.29, 1.82) is 0 Å². The van der Waals surface area contributed by atoms with Crippen LogP contribution in [0.1, 0.15) is 42.6 Å². The Bertz CT molecular complexity index is 1000. The smallest absolute Gasteiger partial charge is 0.417 e. The van der Waals surface area contributed by atoms with E-state index < -0.39 is 29.7 Å². The number of hydrogen-bond acceptors (Lipinski definition) is 7. The molecule has 0 spiro atoms. The van der Waals surface area contributed by atoms with Crippen LogP contribution in [0.3, 0.4) is 0 Å². The summed E-state index contributed by atoms with van der Waals surface area (Å²) >= 11 is 1.02. The Balaban J connectivity index is 1.57. The fourth-order valence-electron chi connectivity index (χ4n) is 3.42. The number of pyridine rings is 1. The summed E-state index contributed by atoms with van der Waals surface area (Å²) < 4.78 is 33.4. The number of anilines is 1. The summed E-state index contributed by atoms with van der Waals surface area (Å²) in [5.74, 6) is -0.840. The van der Waals surface area contributed by atoms with Crippen LogP contribution < -0.4 is 4.90 Å². The molecule has 2 amide bonds. The molecule has 4 heterocycles. The number of ether oxygens (including phenoxy) is 1. The van der Waals surface area contributed by atoms with Crippen molar-refractivity contribution < 1.29 is 23.1 Å². The molecule has 2 aliphatic rings. The van der Waals surface area contributed by atoms with Gasteiger partial charge in [-0.15, -0.1) is 11.3 Å². The van der Waals surface area contributed by atoms with Gasteiger partial charge in [0.25, 0.3) is 5.91 Å². The molecule has 0 radical (unpaired) electrons. The normalized spacial score (nSPS) is 19.2. The summed E-state index contributed by atoms with van der Waals surface area (Å²) in [4.78, 5) is 36.5. The van der Waals surface area contributed by atoms with Gasteiger partial charge in [-0.2, -0.15) is 4.39 Å². The van der Waals surface area contributed by atoms with E-state index in [1.807, 2.05) is 0 Å². The third-order valence-electron chi connectivity index (χ3n) is 4.84. The Kier molecular flexibility index (Phi) is 5.21. The zero-order chi connectivity index (χ0) is 21.6. The number of carbonyl (C=O) groups is 2. The van der Waals surface area contributed by atoms with Crippen LogP contribution in [0.15, 0.2) is 12.1 Å². The molecule has 1 atom stereocenters. The number of aromatic nitrogens is 2. The molecule has 0 aromatic carbocycles. The second-order valence-corrected chi connectivity index (χ2v) is 9.32. The third kappa shape index (κ3) is 4.00. The average Bonchev–Trinajstić information content (AvgIpc) is 3.27. The molecule has 10 heteroatoms. The van der Waals surface area contributed by atoms with Crippen molar-refractivity contribution in [2.24, 2.45) is 0 Å². The first-order chi connectivity index (χ1) is 14.1. The van der Waals surface area contributed by atoms with E-state index in [-0.39, 0.29) is 18.7 Å². The highest BCUT2D eigenvalue weighted by Gasteiger charge is 2.35. The van der Waals surface area contributed by atoms with E-state index >= 15 is 0 Å². The Labute approximate surface area is 176 Å². The average molecular weight is 436 g/mol. The lowest BCUT2D eigenvalue weighted by Gasteiger charge is -2.27. The van der Waals surface area contributed by atoms with E-state index in [2.05, 4.69) is 9.97 Å². The molecule has 4 rings (SSSR count).